The van der Waals surface area contributed by atoms with Crippen LogP contribution in [0.3, 0.4) is 0 Å². The molecule has 0 aliphatic heterocycles. The van der Waals surface area contributed by atoms with Crippen LogP contribution in [0.15, 0.2) is 18.2 Å². The van der Waals surface area contributed by atoms with Crippen LogP contribution in [0.1, 0.15) is 13.8 Å². The molecular formula is C10H13FN2O. The number of nitrogens with two attached hydrogens (primary N) is 1. The fraction of sp³-hybridized carbons (Fsp3) is 0.300. The van der Waals surface area contributed by atoms with Crippen molar-refractivity contribution in [1.29, 1.82) is 0 Å². The number of rotatable bonds is 2. The van der Waals surface area contributed by atoms with E-state index >= 15 is 0 Å². The van der Waals surface area contributed by atoms with E-state index in [1.54, 1.807) is 13.8 Å². The number of carbonyl (C=O) groups excluding carboxylic acids is 1. The highest BCUT2D eigenvalue weighted by molar-refractivity contribution is 5.94. The molecule has 0 fully saturated rings. The smallest absolute Gasteiger partial charge is 0.226 e. The van der Waals surface area contributed by atoms with E-state index in [1.165, 1.54) is 18.2 Å². The van der Waals surface area contributed by atoms with Gasteiger partial charge in [-0.1, -0.05) is 13.8 Å². The lowest BCUT2D eigenvalue weighted by molar-refractivity contribution is -0.118. The summed E-state index contributed by atoms with van der Waals surface area (Å²) in [6.45, 7) is 3.55. The first-order valence-corrected chi connectivity index (χ1v) is 4.36. The topological polar surface area (TPSA) is 55.1 Å². The third-order valence-corrected chi connectivity index (χ3v) is 1.80. The van der Waals surface area contributed by atoms with E-state index in [1.807, 2.05) is 0 Å². The molecule has 4 heteroatoms. The Kier molecular flexibility index (Phi) is 3.06. The molecule has 0 saturated carbocycles. The first kappa shape index (κ1) is 10.5. The van der Waals surface area contributed by atoms with Gasteiger partial charge in [0.25, 0.3) is 0 Å². The Bertz CT molecular complexity index is 350. The van der Waals surface area contributed by atoms with Crippen molar-refractivity contribution in [2.75, 3.05) is 11.1 Å². The summed E-state index contributed by atoms with van der Waals surface area (Å²) < 4.78 is 12.7. The van der Waals surface area contributed by atoms with Crippen molar-refractivity contribution >= 4 is 17.3 Å². The summed E-state index contributed by atoms with van der Waals surface area (Å²) in [5, 5.41) is 2.61. The minimum absolute atomic E-state index is 0.126. The van der Waals surface area contributed by atoms with E-state index < -0.39 is 5.82 Å². The van der Waals surface area contributed by atoms with Gasteiger partial charge in [-0.2, -0.15) is 0 Å². The molecule has 0 aliphatic rings. The van der Waals surface area contributed by atoms with Crippen molar-refractivity contribution in [2.24, 2.45) is 5.92 Å². The first-order valence-electron chi connectivity index (χ1n) is 4.36. The van der Waals surface area contributed by atoms with Crippen molar-refractivity contribution in [3.8, 4) is 0 Å². The second kappa shape index (κ2) is 4.09. The molecule has 1 aromatic rings. The van der Waals surface area contributed by atoms with E-state index in [0.717, 1.165) is 0 Å². The van der Waals surface area contributed by atoms with Gasteiger partial charge in [0.2, 0.25) is 5.91 Å². The van der Waals surface area contributed by atoms with E-state index in [9.17, 15) is 9.18 Å². The molecule has 14 heavy (non-hydrogen) atoms. The summed E-state index contributed by atoms with van der Waals surface area (Å²) in [6.07, 6.45) is 0. The van der Waals surface area contributed by atoms with Gasteiger partial charge in [-0.25, -0.2) is 4.39 Å². The average Bonchev–Trinajstić information content (AvgIpc) is 2.09. The zero-order valence-corrected chi connectivity index (χ0v) is 8.17. The normalized spacial score (nSPS) is 10.3. The van der Waals surface area contributed by atoms with Crippen molar-refractivity contribution in [2.45, 2.75) is 13.8 Å². The molecule has 0 saturated heterocycles. The van der Waals surface area contributed by atoms with Gasteiger partial charge in [-0.15, -0.1) is 0 Å². The maximum absolute atomic E-state index is 12.7. The summed E-state index contributed by atoms with van der Waals surface area (Å²) >= 11 is 0. The summed E-state index contributed by atoms with van der Waals surface area (Å²) in [5.41, 5.74) is 6.20. The Morgan fingerprint density at radius 3 is 2.64 bits per heavy atom. The number of benzene rings is 1. The van der Waals surface area contributed by atoms with Gasteiger partial charge in [0.1, 0.15) is 5.82 Å². The maximum atomic E-state index is 12.7. The number of amides is 1. The molecule has 0 aliphatic carbocycles. The second-order valence-electron chi connectivity index (χ2n) is 3.38. The van der Waals surface area contributed by atoms with Crippen LogP contribution in [0.2, 0.25) is 0 Å². The molecule has 1 aromatic carbocycles. The lowest BCUT2D eigenvalue weighted by Gasteiger charge is -2.09. The third-order valence-electron chi connectivity index (χ3n) is 1.80. The third kappa shape index (κ3) is 2.45. The lowest BCUT2D eigenvalue weighted by atomic mass is 10.2. The molecule has 1 rings (SSSR count). The van der Waals surface area contributed by atoms with Crippen molar-refractivity contribution in [1.82, 2.24) is 0 Å². The molecule has 1 amide bonds. The molecule has 0 atom stereocenters. The molecular weight excluding hydrogens is 183 g/mol. The largest absolute Gasteiger partial charge is 0.397 e. The molecule has 0 spiro atoms. The molecule has 0 unspecified atom stereocenters. The Morgan fingerprint density at radius 2 is 2.14 bits per heavy atom. The quantitative estimate of drug-likeness (QED) is 0.711. The highest BCUT2D eigenvalue weighted by Gasteiger charge is 2.09. The van der Waals surface area contributed by atoms with Gasteiger partial charge in [0.15, 0.2) is 0 Å². The second-order valence-corrected chi connectivity index (χ2v) is 3.38. The molecule has 76 valence electrons. The number of nitrogens with one attached hydrogen (secondary N) is 1. The minimum atomic E-state index is -0.412. The maximum Gasteiger partial charge on any atom is 0.226 e. The standard InChI is InChI=1S/C10H13FN2O/c1-6(2)10(14)13-9-4-3-7(11)5-8(9)12/h3-6H,12H2,1-2H3,(H,13,14). The van der Waals surface area contributed by atoms with E-state index in [0.29, 0.717) is 5.69 Å². The Balaban J connectivity index is 2.82. The predicted octanol–water partition coefficient (Wildman–Crippen LogP) is 2.00. The van der Waals surface area contributed by atoms with E-state index in [2.05, 4.69) is 5.32 Å². The van der Waals surface area contributed by atoms with Crippen LogP contribution in [-0.2, 0) is 4.79 Å². The average molecular weight is 196 g/mol. The number of nitrogen functional groups attached to an aromatic ring is 1. The van der Waals surface area contributed by atoms with Crippen LogP contribution in [0.5, 0.6) is 0 Å². The van der Waals surface area contributed by atoms with Crippen LogP contribution in [0, 0.1) is 11.7 Å². The van der Waals surface area contributed by atoms with Crippen LogP contribution in [-0.4, -0.2) is 5.91 Å². The van der Waals surface area contributed by atoms with E-state index in [4.69, 9.17) is 5.73 Å². The summed E-state index contributed by atoms with van der Waals surface area (Å²) in [5.74, 6) is -0.673. The fourth-order valence-electron chi connectivity index (χ4n) is 0.924. The van der Waals surface area contributed by atoms with Crippen LogP contribution < -0.4 is 11.1 Å². The number of halogens is 1. The van der Waals surface area contributed by atoms with Crippen LogP contribution in [0.25, 0.3) is 0 Å². The summed E-state index contributed by atoms with van der Waals surface area (Å²) in [4.78, 5) is 11.3. The zero-order chi connectivity index (χ0) is 10.7. The highest BCUT2D eigenvalue weighted by Crippen LogP contribution is 2.19. The SMILES string of the molecule is CC(C)C(=O)Nc1ccc(F)cc1N. The Morgan fingerprint density at radius 1 is 1.50 bits per heavy atom. The van der Waals surface area contributed by atoms with Gasteiger partial charge in [0.05, 0.1) is 11.4 Å². The van der Waals surface area contributed by atoms with Crippen molar-refractivity contribution in [3.05, 3.63) is 24.0 Å². The number of hydrogen-bond acceptors (Lipinski definition) is 2. The minimum Gasteiger partial charge on any atom is -0.397 e. The fourth-order valence-corrected chi connectivity index (χ4v) is 0.924. The Labute approximate surface area is 82.1 Å². The monoisotopic (exact) mass is 196 g/mol. The molecule has 0 aromatic heterocycles. The van der Waals surface area contributed by atoms with Gasteiger partial charge < -0.3 is 11.1 Å². The predicted molar refractivity (Wildman–Crippen MR) is 54.3 cm³/mol. The van der Waals surface area contributed by atoms with Gasteiger partial charge >= 0.3 is 0 Å². The number of hydrogen-bond donors (Lipinski definition) is 2. The molecule has 3 nitrogen and oxygen atoms in total. The Hall–Kier alpha value is -1.58. The van der Waals surface area contributed by atoms with Crippen molar-refractivity contribution < 1.29 is 9.18 Å². The van der Waals surface area contributed by atoms with Crippen LogP contribution in [0.4, 0.5) is 15.8 Å². The van der Waals surface area contributed by atoms with Crippen LogP contribution >= 0.6 is 0 Å². The van der Waals surface area contributed by atoms with E-state index in [-0.39, 0.29) is 17.5 Å². The van der Waals surface area contributed by atoms with Gasteiger partial charge in [-0.3, -0.25) is 4.79 Å². The lowest BCUT2D eigenvalue weighted by Crippen LogP contribution is -2.18. The number of carbonyl (C=O) groups is 1. The highest BCUT2D eigenvalue weighted by atomic mass is 19.1. The molecule has 0 heterocycles. The van der Waals surface area contributed by atoms with Gasteiger partial charge in [-0.05, 0) is 18.2 Å². The molecule has 0 bridgehead atoms. The molecule has 3 N–H and O–H groups in total. The molecule has 0 radical (unpaired) electrons. The van der Waals surface area contributed by atoms with Gasteiger partial charge in [0, 0.05) is 5.92 Å². The number of anilines is 2. The van der Waals surface area contributed by atoms with Crippen molar-refractivity contribution in [3.63, 3.8) is 0 Å². The zero-order valence-electron chi connectivity index (χ0n) is 8.17. The first-order chi connectivity index (χ1) is 6.50. The summed E-state index contributed by atoms with van der Waals surface area (Å²) in [7, 11) is 0. The summed E-state index contributed by atoms with van der Waals surface area (Å²) in [6, 6.07) is 3.88.